The number of benzene rings is 8. The predicted molar refractivity (Wildman–Crippen MR) is 204 cm³/mol. The van der Waals surface area contributed by atoms with Gasteiger partial charge in [0.1, 0.15) is 22.3 Å². The molecule has 0 unspecified atom stereocenters. The van der Waals surface area contributed by atoms with Gasteiger partial charge in [0.2, 0.25) is 0 Å². The van der Waals surface area contributed by atoms with Crippen LogP contribution in [-0.4, -0.2) is 0 Å². The lowest BCUT2D eigenvalue weighted by molar-refractivity contribution is 0.668. The zero-order valence-corrected chi connectivity index (χ0v) is 26.5. The molecule has 0 atom stereocenters. The first-order valence-electron chi connectivity index (χ1n) is 16.6. The molecular weight excluding hydrogens is 599 g/mol. The van der Waals surface area contributed by atoms with Crippen LogP contribution in [0.25, 0.3) is 76.9 Å². The van der Waals surface area contributed by atoms with Crippen LogP contribution in [0.15, 0.2) is 185 Å². The maximum Gasteiger partial charge on any atom is 0.137 e. The van der Waals surface area contributed by atoms with Gasteiger partial charge in [-0.15, -0.1) is 0 Å². The van der Waals surface area contributed by atoms with E-state index in [1.807, 2.05) is 24.3 Å². The molecule has 10 aromatic rings. The van der Waals surface area contributed by atoms with Crippen LogP contribution in [0.2, 0.25) is 0 Å². The number of furan rings is 2. The highest BCUT2D eigenvalue weighted by Gasteiger charge is 2.18. The molecule has 8 aromatic carbocycles. The molecule has 0 N–H and O–H groups in total. The third-order valence-corrected chi connectivity index (χ3v) is 9.66. The molecule has 3 nitrogen and oxygen atoms in total. The highest BCUT2D eigenvalue weighted by molar-refractivity contribution is 6.08. The first-order valence-corrected chi connectivity index (χ1v) is 16.6. The van der Waals surface area contributed by atoms with Gasteiger partial charge in [-0.1, -0.05) is 109 Å². The number of anilines is 3. The maximum atomic E-state index is 6.34. The summed E-state index contributed by atoms with van der Waals surface area (Å²) >= 11 is 0. The molecule has 2 aromatic heterocycles. The van der Waals surface area contributed by atoms with Crippen molar-refractivity contribution in [2.75, 3.05) is 4.90 Å². The van der Waals surface area contributed by atoms with Gasteiger partial charge >= 0.3 is 0 Å². The molecule has 0 radical (unpaired) electrons. The number of hydrogen-bond donors (Lipinski definition) is 0. The van der Waals surface area contributed by atoms with Crippen molar-refractivity contribution in [3.63, 3.8) is 0 Å². The van der Waals surface area contributed by atoms with E-state index in [0.717, 1.165) is 66.5 Å². The van der Waals surface area contributed by atoms with E-state index < -0.39 is 0 Å². The van der Waals surface area contributed by atoms with E-state index in [9.17, 15) is 0 Å². The Morgan fingerprint density at radius 3 is 1.71 bits per heavy atom. The Labute approximate surface area is 282 Å². The lowest BCUT2D eigenvalue weighted by Crippen LogP contribution is -2.09. The van der Waals surface area contributed by atoms with E-state index in [-0.39, 0.29) is 0 Å². The molecule has 0 bridgehead atoms. The van der Waals surface area contributed by atoms with Crippen molar-refractivity contribution < 1.29 is 8.83 Å². The van der Waals surface area contributed by atoms with Gasteiger partial charge in [-0.3, -0.25) is 0 Å². The number of para-hydroxylation sites is 2. The number of fused-ring (bicyclic) bond motifs is 7. The summed E-state index contributed by atoms with van der Waals surface area (Å²) in [6, 6.07) is 62.2. The van der Waals surface area contributed by atoms with Crippen molar-refractivity contribution in [3.8, 4) is 22.3 Å². The van der Waals surface area contributed by atoms with Crippen molar-refractivity contribution >= 4 is 71.7 Å². The number of rotatable bonds is 5. The van der Waals surface area contributed by atoms with E-state index in [0.29, 0.717) is 0 Å². The van der Waals surface area contributed by atoms with Gasteiger partial charge < -0.3 is 13.7 Å². The summed E-state index contributed by atoms with van der Waals surface area (Å²) in [4.78, 5) is 2.30. The Morgan fingerprint density at radius 2 is 0.878 bits per heavy atom. The Bertz CT molecular complexity index is 2830. The highest BCUT2D eigenvalue weighted by Crippen LogP contribution is 2.41. The molecule has 0 aliphatic carbocycles. The minimum Gasteiger partial charge on any atom is -0.456 e. The van der Waals surface area contributed by atoms with Crippen LogP contribution in [-0.2, 0) is 0 Å². The molecule has 0 aliphatic rings. The summed E-state index contributed by atoms with van der Waals surface area (Å²) in [6.45, 7) is 0. The summed E-state index contributed by atoms with van der Waals surface area (Å²) < 4.78 is 12.5. The van der Waals surface area contributed by atoms with Crippen molar-refractivity contribution in [1.29, 1.82) is 0 Å². The third kappa shape index (κ3) is 4.59. The lowest BCUT2D eigenvalue weighted by atomic mass is 9.95. The van der Waals surface area contributed by atoms with Crippen molar-refractivity contribution in [2.45, 2.75) is 0 Å². The van der Waals surface area contributed by atoms with E-state index >= 15 is 0 Å². The van der Waals surface area contributed by atoms with Crippen LogP contribution in [0.1, 0.15) is 0 Å². The predicted octanol–water partition coefficient (Wildman–Crippen LogP) is 13.4. The first-order chi connectivity index (χ1) is 24.3. The zero-order chi connectivity index (χ0) is 32.3. The minimum absolute atomic E-state index is 0.861. The van der Waals surface area contributed by atoms with Crippen molar-refractivity contribution in [3.05, 3.63) is 176 Å². The highest BCUT2D eigenvalue weighted by atomic mass is 16.3. The summed E-state index contributed by atoms with van der Waals surface area (Å²) in [7, 11) is 0. The fourth-order valence-electron chi connectivity index (χ4n) is 7.30. The first kappa shape index (κ1) is 27.5. The van der Waals surface area contributed by atoms with Crippen molar-refractivity contribution in [2.24, 2.45) is 0 Å². The largest absolute Gasteiger partial charge is 0.456 e. The van der Waals surface area contributed by atoms with Gasteiger partial charge in [-0.25, -0.2) is 0 Å². The normalized spacial score (nSPS) is 11.7. The zero-order valence-electron chi connectivity index (χ0n) is 26.5. The van der Waals surface area contributed by atoms with E-state index in [1.165, 1.54) is 27.5 Å². The maximum absolute atomic E-state index is 6.34. The average Bonchev–Trinajstić information content (AvgIpc) is 3.73. The molecule has 0 fully saturated rings. The molecule has 0 saturated carbocycles. The topological polar surface area (TPSA) is 29.5 Å². The third-order valence-electron chi connectivity index (χ3n) is 9.66. The van der Waals surface area contributed by atoms with E-state index in [2.05, 4.69) is 157 Å². The van der Waals surface area contributed by atoms with Gasteiger partial charge in [0.05, 0.1) is 0 Å². The van der Waals surface area contributed by atoms with Gasteiger partial charge in [0.15, 0.2) is 0 Å². The minimum atomic E-state index is 0.861. The van der Waals surface area contributed by atoms with Crippen LogP contribution in [0.4, 0.5) is 17.1 Å². The second-order valence-corrected chi connectivity index (χ2v) is 12.5. The van der Waals surface area contributed by atoms with Crippen LogP contribution in [0, 0.1) is 0 Å². The standard InChI is InChI=1S/C46H29NO2/c1-2-13-37-31(9-1)10-8-16-38(37)33-12-7-11-32(27-33)30-19-21-34(22-20-30)47(35-24-26-45-42(28-35)40-15-4-6-18-44(40)48-45)36-23-25-41-39-14-3-5-17-43(39)49-46(41)29-36/h1-29H. The Hall–Kier alpha value is -6.58. The second-order valence-electron chi connectivity index (χ2n) is 12.5. The van der Waals surface area contributed by atoms with Crippen molar-refractivity contribution in [1.82, 2.24) is 0 Å². The fraction of sp³-hybridized carbons (Fsp3) is 0. The average molecular weight is 628 g/mol. The van der Waals surface area contributed by atoms with Crippen LogP contribution >= 0.6 is 0 Å². The summed E-state index contributed by atoms with van der Waals surface area (Å²) in [5.74, 6) is 0. The fourth-order valence-corrected chi connectivity index (χ4v) is 7.30. The number of hydrogen-bond acceptors (Lipinski definition) is 3. The summed E-state index contributed by atoms with van der Waals surface area (Å²) in [5.41, 5.74) is 11.4. The molecule has 49 heavy (non-hydrogen) atoms. The van der Waals surface area contributed by atoms with E-state index in [4.69, 9.17) is 8.83 Å². The summed E-state index contributed by atoms with van der Waals surface area (Å²) in [6.07, 6.45) is 0. The van der Waals surface area contributed by atoms with Crippen LogP contribution in [0.3, 0.4) is 0 Å². The van der Waals surface area contributed by atoms with Crippen LogP contribution in [0.5, 0.6) is 0 Å². The summed E-state index contributed by atoms with van der Waals surface area (Å²) in [5, 5.41) is 6.93. The molecule has 10 rings (SSSR count). The Kier molecular flexibility index (Phi) is 6.18. The van der Waals surface area contributed by atoms with E-state index in [1.54, 1.807) is 0 Å². The van der Waals surface area contributed by atoms with Crippen LogP contribution < -0.4 is 4.90 Å². The molecule has 0 saturated heterocycles. The molecule has 230 valence electrons. The van der Waals surface area contributed by atoms with Gasteiger partial charge in [0, 0.05) is 44.7 Å². The number of nitrogens with zero attached hydrogens (tertiary/aromatic N) is 1. The van der Waals surface area contributed by atoms with Gasteiger partial charge in [-0.05, 0) is 93.7 Å². The monoisotopic (exact) mass is 627 g/mol. The molecule has 2 heterocycles. The molecule has 0 aliphatic heterocycles. The molecule has 3 heteroatoms. The second kappa shape index (κ2) is 11.0. The van der Waals surface area contributed by atoms with Gasteiger partial charge in [-0.2, -0.15) is 0 Å². The Balaban J connectivity index is 1.09. The molecule has 0 amide bonds. The lowest BCUT2D eigenvalue weighted by Gasteiger charge is -2.26. The smallest absolute Gasteiger partial charge is 0.137 e. The quantitative estimate of drug-likeness (QED) is 0.190. The molecule has 0 spiro atoms. The Morgan fingerprint density at radius 1 is 0.306 bits per heavy atom. The molecular formula is C46H29NO2. The SMILES string of the molecule is c1cc(-c2ccc(N(c3ccc4c(c3)oc3ccccc34)c3ccc4oc5ccccc5c4c3)cc2)cc(-c2cccc3ccccc23)c1. The van der Waals surface area contributed by atoms with Gasteiger partial charge in [0.25, 0.3) is 0 Å².